The molecule has 1 unspecified atom stereocenters. The Hall–Kier alpha value is -6.60. The van der Waals surface area contributed by atoms with Crippen molar-refractivity contribution < 1.29 is 29.0 Å². The zero-order valence-electron chi connectivity index (χ0n) is 33.1. The fourth-order valence-electron chi connectivity index (χ4n) is 7.36. The number of aromatic carboxylic acids is 1. The van der Waals surface area contributed by atoms with Gasteiger partial charge in [0, 0.05) is 38.8 Å². The van der Waals surface area contributed by atoms with Crippen molar-refractivity contribution in [2.75, 3.05) is 25.1 Å². The molecular formula is C46H44N6O6S. The van der Waals surface area contributed by atoms with Crippen molar-refractivity contribution in [1.29, 1.82) is 0 Å². The summed E-state index contributed by atoms with van der Waals surface area (Å²) in [6, 6.07) is 35.0. The molecule has 300 valence electrons. The highest BCUT2D eigenvalue weighted by atomic mass is 32.2. The van der Waals surface area contributed by atoms with E-state index in [1.807, 2.05) is 78.3 Å². The number of carboxylic acid groups (broad SMARTS) is 1. The largest absolute Gasteiger partial charge is 0.492 e. The smallest absolute Gasteiger partial charge is 0.336 e. The van der Waals surface area contributed by atoms with Crippen molar-refractivity contribution in [3.8, 4) is 22.6 Å². The average molecular weight is 809 g/mol. The maximum atomic E-state index is 11.9. The molecule has 13 heteroatoms. The third kappa shape index (κ3) is 8.65. The summed E-state index contributed by atoms with van der Waals surface area (Å²) in [7, 11) is 4.02. The summed E-state index contributed by atoms with van der Waals surface area (Å²) < 4.78 is 16.6. The topological polar surface area (TPSA) is 141 Å². The number of aryl methyl sites for hydroxylation is 2. The molecule has 0 radical (unpaired) electrons. The van der Waals surface area contributed by atoms with Crippen LogP contribution in [0.2, 0.25) is 0 Å². The molecule has 7 aromatic rings. The Balaban J connectivity index is 0.892. The van der Waals surface area contributed by atoms with Crippen LogP contribution in [0.3, 0.4) is 0 Å². The van der Waals surface area contributed by atoms with E-state index in [-0.39, 0.29) is 23.3 Å². The van der Waals surface area contributed by atoms with E-state index in [4.69, 9.17) is 19.4 Å². The molecule has 12 nitrogen and oxygen atoms in total. The molecular weight excluding hydrogens is 765 g/mol. The molecule has 1 saturated heterocycles. The van der Waals surface area contributed by atoms with Gasteiger partial charge in [-0.2, -0.15) is 0 Å². The first kappa shape index (κ1) is 39.2. The van der Waals surface area contributed by atoms with Crippen LogP contribution in [-0.4, -0.2) is 66.8 Å². The van der Waals surface area contributed by atoms with Gasteiger partial charge in [0.05, 0.1) is 39.4 Å². The van der Waals surface area contributed by atoms with Gasteiger partial charge in [0.15, 0.2) is 0 Å². The minimum Gasteiger partial charge on any atom is -0.492 e. The van der Waals surface area contributed by atoms with E-state index >= 15 is 0 Å². The minimum atomic E-state index is -0.939. The van der Waals surface area contributed by atoms with Crippen molar-refractivity contribution in [2.45, 2.75) is 44.6 Å². The summed E-state index contributed by atoms with van der Waals surface area (Å²) in [4.78, 5) is 47.2. The van der Waals surface area contributed by atoms with E-state index in [2.05, 4.69) is 59.1 Å². The summed E-state index contributed by atoms with van der Waals surface area (Å²) in [5.74, 6) is 2.06. The Labute approximate surface area is 345 Å². The monoisotopic (exact) mass is 808 g/mol. The van der Waals surface area contributed by atoms with E-state index in [1.54, 1.807) is 12.1 Å². The highest BCUT2D eigenvalue weighted by Crippen LogP contribution is 2.29. The summed E-state index contributed by atoms with van der Waals surface area (Å²) >= 11 is 1.03. The number of amides is 2. The number of ether oxygens (including phenoxy) is 2. The highest BCUT2D eigenvalue weighted by molar-refractivity contribution is 8.15. The van der Waals surface area contributed by atoms with Crippen molar-refractivity contribution in [2.24, 2.45) is 7.05 Å². The van der Waals surface area contributed by atoms with Crippen LogP contribution in [-0.2, 0) is 37.8 Å². The zero-order valence-corrected chi connectivity index (χ0v) is 33.9. The Bertz CT molecular complexity index is 2670. The number of benzene rings is 5. The van der Waals surface area contributed by atoms with E-state index in [9.17, 15) is 19.5 Å². The number of rotatable bonds is 16. The van der Waals surface area contributed by atoms with Gasteiger partial charge in [0.2, 0.25) is 5.91 Å². The van der Waals surface area contributed by atoms with Gasteiger partial charge in [0.25, 0.3) is 5.24 Å². The van der Waals surface area contributed by atoms with Gasteiger partial charge in [-0.1, -0.05) is 73.3 Å². The van der Waals surface area contributed by atoms with E-state index in [0.717, 1.165) is 86.4 Å². The Morgan fingerprint density at radius 3 is 2.31 bits per heavy atom. The number of carbonyl (C=O) groups excluding carboxylic acids is 2. The van der Waals surface area contributed by atoms with Gasteiger partial charge in [0.1, 0.15) is 36.4 Å². The number of fused-ring (bicyclic) bond motifs is 2. The maximum Gasteiger partial charge on any atom is 0.336 e. The van der Waals surface area contributed by atoms with Crippen molar-refractivity contribution in [1.82, 2.24) is 24.4 Å². The molecule has 0 spiro atoms. The third-order valence-electron chi connectivity index (χ3n) is 10.6. The minimum absolute atomic E-state index is 0.246. The quantitative estimate of drug-likeness (QED) is 0.0980. The van der Waals surface area contributed by atoms with Gasteiger partial charge in [-0.15, -0.1) is 0 Å². The zero-order chi connectivity index (χ0) is 41.0. The van der Waals surface area contributed by atoms with Crippen molar-refractivity contribution in [3.05, 3.63) is 138 Å². The standard InChI is InChI=1S/C46H44N6O6S/c1-4-7-42-47-38-20-16-32(25-40(38)52(42)27-30-10-14-31(15-11-30)35-8-5-6-9-36(35)45(54)55)50(2)22-23-57-34-19-21-37-39(26-34)51(3)43(48-37)28-58-33-17-12-29(13-18-33)24-41-44(53)49-46(56)59-41/h5-6,8-21,25-26,41H,4,7,22-24,27-28H2,1-3H3,(H,54,55)(H,49,53,56). The lowest BCUT2D eigenvalue weighted by Crippen LogP contribution is -2.25. The third-order valence-corrected chi connectivity index (χ3v) is 11.6. The predicted molar refractivity (Wildman–Crippen MR) is 231 cm³/mol. The molecule has 1 fully saturated rings. The van der Waals surface area contributed by atoms with Crippen molar-refractivity contribution >= 4 is 56.6 Å². The lowest BCUT2D eigenvalue weighted by molar-refractivity contribution is -0.118. The molecule has 2 N–H and O–H groups in total. The molecule has 0 aliphatic carbocycles. The van der Waals surface area contributed by atoms with Crippen LogP contribution < -0.4 is 19.7 Å². The number of thioether (sulfide) groups is 1. The summed E-state index contributed by atoms with van der Waals surface area (Å²) in [6.07, 6.45) is 2.31. The van der Waals surface area contributed by atoms with Crippen molar-refractivity contribution in [3.63, 3.8) is 0 Å². The molecule has 1 aliphatic heterocycles. The number of hydrogen-bond donors (Lipinski definition) is 2. The van der Waals surface area contributed by atoms with Crippen LogP contribution in [0.4, 0.5) is 10.5 Å². The first-order chi connectivity index (χ1) is 28.6. The molecule has 2 amide bonds. The van der Waals surface area contributed by atoms with Gasteiger partial charge in [-0.05, 0) is 83.6 Å². The maximum absolute atomic E-state index is 11.9. The van der Waals surface area contributed by atoms with Gasteiger partial charge < -0.3 is 28.6 Å². The number of imidazole rings is 2. The number of aromatic nitrogens is 4. The Kier molecular flexibility index (Phi) is 11.4. The van der Waals surface area contributed by atoms with Gasteiger partial charge in [-0.3, -0.25) is 14.9 Å². The second-order valence-corrected chi connectivity index (χ2v) is 15.8. The summed E-state index contributed by atoms with van der Waals surface area (Å²) in [5.41, 5.74) is 8.77. The van der Waals surface area contributed by atoms with Crippen LogP contribution in [0.25, 0.3) is 33.2 Å². The van der Waals surface area contributed by atoms with E-state index in [0.29, 0.717) is 37.4 Å². The Morgan fingerprint density at radius 1 is 0.847 bits per heavy atom. The second-order valence-electron chi connectivity index (χ2n) is 14.6. The van der Waals surface area contributed by atoms with Crippen LogP contribution in [0, 0.1) is 0 Å². The van der Waals surface area contributed by atoms with E-state index < -0.39 is 11.2 Å². The molecule has 1 atom stereocenters. The first-order valence-corrected chi connectivity index (χ1v) is 20.4. The predicted octanol–water partition coefficient (Wildman–Crippen LogP) is 8.28. The van der Waals surface area contributed by atoms with Gasteiger partial charge in [-0.25, -0.2) is 14.8 Å². The Morgan fingerprint density at radius 2 is 1.56 bits per heavy atom. The molecule has 8 rings (SSSR count). The number of nitrogens with one attached hydrogen (secondary N) is 1. The second kappa shape index (κ2) is 17.1. The molecule has 3 heterocycles. The lowest BCUT2D eigenvalue weighted by Gasteiger charge is -2.20. The fraction of sp³-hybridized carbons (Fsp3) is 0.239. The van der Waals surface area contributed by atoms with Crippen LogP contribution in [0.5, 0.6) is 11.5 Å². The summed E-state index contributed by atoms with van der Waals surface area (Å²) in [5, 5.41) is 11.3. The molecule has 0 saturated carbocycles. The SMILES string of the molecule is CCCc1nc2ccc(N(C)CCOc3ccc4nc(COc5ccc(CC6SC(=O)NC6=O)cc5)n(C)c4c3)cc2n1Cc1ccc(-c2ccccc2C(=O)O)cc1. The van der Waals surface area contributed by atoms with Gasteiger partial charge >= 0.3 is 5.97 Å². The number of nitrogens with zero attached hydrogens (tertiary/aromatic N) is 5. The van der Waals surface area contributed by atoms with E-state index in [1.165, 1.54) is 0 Å². The fourth-order valence-corrected chi connectivity index (χ4v) is 8.22. The summed E-state index contributed by atoms with van der Waals surface area (Å²) in [6.45, 7) is 4.22. The molecule has 5 aromatic carbocycles. The number of hydrogen-bond acceptors (Lipinski definition) is 9. The molecule has 0 bridgehead atoms. The van der Waals surface area contributed by atoms with Crippen LogP contribution in [0.15, 0.2) is 109 Å². The average Bonchev–Trinajstić information content (AvgIpc) is 3.87. The highest BCUT2D eigenvalue weighted by Gasteiger charge is 2.31. The number of imide groups is 1. The number of likely N-dealkylation sites (N-methyl/N-ethyl adjacent to an activating group) is 1. The number of carboxylic acids is 1. The normalized spacial score (nSPS) is 13.9. The number of anilines is 1. The molecule has 1 aliphatic rings. The van der Waals surface area contributed by atoms with Crippen LogP contribution >= 0.6 is 11.8 Å². The van der Waals surface area contributed by atoms with Crippen LogP contribution in [0.1, 0.15) is 46.5 Å². The number of carbonyl (C=O) groups is 3. The molecule has 59 heavy (non-hydrogen) atoms. The molecule has 2 aromatic heterocycles. The lowest BCUT2D eigenvalue weighted by atomic mass is 9.99. The first-order valence-electron chi connectivity index (χ1n) is 19.6.